The Morgan fingerprint density at radius 3 is 2.19 bits per heavy atom. The molecule has 0 aromatic heterocycles. The minimum absolute atomic E-state index is 0.0643. The highest BCUT2D eigenvalue weighted by atomic mass is 16.5. The van der Waals surface area contributed by atoms with Crippen molar-refractivity contribution in [2.24, 2.45) is 0 Å². The van der Waals surface area contributed by atoms with Gasteiger partial charge >= 0.3 is 5.97 Å². The lowest BCUT2D eigenvalue weighted by Gasteiger charge is -2.20. The molecule has 1 aromatic rings. The molecule has 1 aromatic carbocycles. The van der Waals surface area contributed by atoms with E-state index in [0.717, 1.165) is 0 Å². The number of ether oxygens (including phenoxy) is 1. The molecule has 0 unspecified atom stereocenters. The Hall–Kier alpha value is -2.04. The van der Waals surface area contributed by atoms with Crippen molar-refractivity contribution in [2.45, 2.75) is 33.1 Å². The molecule has 1 amide bonds. The predicted molar refractivity (Wildman–Crippen MR) is 80.5 cm³/mol. The number of aliphatic carboxylic acids is 1. The van der Waals surface area contributed by atoms with Crippen molar-refractivity contribution in [2.75, 3.05) is 19.7 Å². The smallest absolute Gasteiger partial charge is 0.323 e. The molecule has 0 saturated heterocycles. The van der Waals surface area contributed by atoms with Crippen LogP contribution in [0.3, 0.4) is 0 Å². The number of likely N-dealkylation sites (N-methyl/N-ethyl adjacent to an activating group) is 1. The third-order valence-electron chi connectivity index (χ3n) is 3.14. The molecule has 0 aliphatic heterocycles. The van der Waals surface area contributed by atoms with E-state index in [1.165, 1.54) is 10.5 Å². The summed E-state index contributed by atoms with van der Waals surface area (Å²) in [4.78, 5) is 23.7. The van der Waals surface area contributed by atoms with Crippen molar-refractivity contribution in [3.63, 3.8) is 0 Å². The van der Waals surface area contributed by atoms with Gasteiger partial charge in [-0.15, -0.1) is 0 Å². The maximum Gasteiger partial charge on any atom is 0.323 e. The molecule has 21 heavy (non-hydrogen) atoms. The lowest BCUT2D eigenvalue weighted by atomic mass is 9.87. The monoisotopic (exact) mass is 293 g/mol. The fraction of sp³-hybridized carbons (Fsp3) is 0.500. The molecule has 0 heterocycles. The Morgan fingerprint density at radius 1 is 1.19 bits per heavy atom. The fourth-order valence-corrected chi connectivity index (χ4v) is 1.83. The molecule has 0 saturated carbocycles. The minimum Gasteiger partial charge on any atom is -0.484 e. The van der Waals surface area contributed by atoms with Crippen LogP contribution in [-0.4, -0.2) is 41.6 Å². The molecule has 116 valence electrons. The van der Waals surface area contributed by atoms with Gasteiger partial charge in [0.05, 0.1) is 0 Å². The number of carboxylic acid groups (broad SMARTS) is 1. The van der Waals surface area contributed by atoms with E-state index in [1.54, 1.807) is 6.92 Å². The maximum atomic E-state index is 11.8. The van der Waals surface area contributed by atoms with Crippen LogP contribution in [0.1, 0.15) is 33.3 Å². The van der Waals surface area contributed by atoms with Crippen molar-refractivity contribution in [3.8, 4) is 5.75 Å². The average Bonchev–Trinajstić information content (AvgIpc) is 2.41. The first-order valence-electron chi connectivity index (χ1n) is 6.97. The molecule has 1 rings (SSSR count). The van der Waals surface area contributed by atoms with Gasteiger partial charge in [0.1, 0.15) is 12.3 Å². The summed E-state index contributed by atoms with van der Waals surface area (Å²) < 4.78 is 5.42. The Labute approximate surface area is 125 Å². The molecule has 0 atom stereocenters. The molecule has 0 spiro atoms. The molecular formula is C16H23NO4. The highest BCUT2D eigenvalue weighted by Gasteiger charge is 2.16. The number of nitrogens with zero attached hydrogens (tertiary/aromatic N) is 1. The van der Waals surface area contributed by atoms with Crippen LogP contribution in [0.25, 0.3) is 0 Å². The van der Waals surface area contributed by atoms with Gasteiger partial charge in [-0.25, -0.2) is 0 Å². The van der Waals surface area contributed by atoms with Crippen LogP contribution >= 0.6 is 0 Å². The van der Waals surface area contributed by atoms with Crippen LogP contribution in [0.2, 0.25) is 0 Å². The van der Waals surface area contributed by atoms with E-state index in [9.17, 15) is 9.59 Å². The third kappa shape index (κ3) is 5.45. The largest absolute Gasteiger partial charge is 0.484 e. The Morgan fingerprint density at radius 2 is 1.76 bits per heavy atom. The first-order chi connectivity index (χ1) is 9.74. The van der Waals surface area contributed by atoms with E-state index in [1.807, 2.05) is 24.3 Å². The second-order valence-electron chi connectivity index (χ2n) is 5.86. The predicted octanol–water partition coefficient (Wildman–Crippen LogP) is 2.30. The van der Waals surface area contributed by atoms with Gasteiger partial charge in [0.25, 0.3) is 5.91 Å². The molecule has 0 fully saturated rings. The zero-order valence-electron chi connectivity index (χ0n) is 13.0. The van der Waals surface area contributed by atoms with Gasteiger partial charge in [-0.1, -0.05) is 32.9 Å². The number of amides is 1. The number of hydrogen-bond donors (Lipinski definition) is 1. The Bertz CT molecular complexity index is 488. The fourth-order valence-electron chi connectivity index (χ4n) is 1.83. The zero-order valence-corrected chi connectivity index (χ0v) is 13.0. The van der Waals surface area contributed by atoms with E-state index >= 15 is 0 Å². The maximum absolute atomic E-state index is 11.8. The van der Waals surface area contributed by atoms with Gasteiger partial charge in [-0.3, -0.25) is 9.59 Å². The molecule has 0 bridgehead atoms. The van der Waals surface area contributed by atoms with E-state index in [4.69, 9.17) is 9.84 Å². The number of rotatable bonds is 6. The van der Waals surface area contributed by atoms with E-state index in [-0.39, 0.29) is 24.5 Å². The topological polar surface area (TPSA) is 66.8 Å². The summed E-state index contributed by atoms with van der Waals surface area (Å²) in [5, 5.41) is 8.72. The molecule has 5 heteroatoms. The Kier molecular flexibility index (Phi) is 5.76. The second-order valence-corrected chi connectivity index (χ2v) is 5.86. The molecule has 0 aliphatic carbocycles. The molecule has 0 radical (unpaired) electrons. The van der Waals surface area contributed by atoms with Gasteiger partial charge in [-0.05, 0) is 30.0 Å². The summed E-state index contributed by atoms with van der Waals surface area (Å²) in [5.74, 6) is -0.762. The number of carbonyl (C=O) groups is 2. The summed E-state index contributed by atoms with van der Waals surface area (Å²) in [6.07, 6.45) is 0. The first-order valence-corrected chi connectivity index (χ1v) is 6.97. The number of benzene rings is 1. The van der Waals surface area contributed by atoms with Crippen molar-refractivity contribution in [3.05, 3.63) is 29.8 Å². The second kappa shape index (κ2) is 7.11. The van der Waals surface area contributed by atoms with E-state index in [2.05, 4.69) is 20.8 Å². The number of carboxylic acids is 1. The van der Waals surface area contributed by atoms with Crippen molar-refractivity contribution < 1.29 is 19.4 Å². The van der Waals surface area contributed by atoms with Gasteiger partial charge in [0.15, 0.2) is 6.61 Å². The standard InChI is InChI=1S/C16H23NO4/c1-5-17(10-15(19)20)14(18)11-21-13-8-6-12(7-9-13)16(2,3)4/h6-9H,5,10-11H2,1-4H3,(H,19,20). The SMILES string of the molecule is CCN(CC(=O)O)C(=O)COc1ccc(C(C)(C)C)cc1. The quantitative estimate of drug-likeness (QED) is 0.874. The van der Waals surface area contributed by atoms with Gasteiger partial charge in [0.2, 0.25) is 0 Å². The molecule has 5 nitrogen and oxygen atoms in total. The highest BCUT2D eigenvalue weighted by molar-refractivity contribution is 5.82. The van der Waals surface area contributed by atoms with Gasteiger partial charge < -0.3 is 14.7 Å². The third-order valence-corrected chi connectivity index (χ3v) is 3.14. The summed E-state index contributed by atoms with van der Waals surface area (Å²) in [7, 11) is 0. The van der Waals surface area contributed by atoms with Crippen molar-refractivity contribution in [1.82, 2.24) is 4.90 Å². The molecular weight excluding hydrogens is 270 g/mol. The summed E-state index contributed by atoms with van der Waals surface area (Å²) >= 11 is 0. The van der Waals surface area contributed by atoms with Gasteiger partial charge in [0, 0.05) is 6.54 Å². The Balaban J connectivity index is 2.58. The molecule has 0 aliphatic rings. The van der Waals surface area contributed by atoms with Gasteiger partial charge in [-0.2, -0.15) is 0 Å². The summed E-state index contributed by atoms with van der Waals surface area (Å²) in [5.41, 5.74) is 1.25. The van der Waals surface area contributed by atoms with Crippen molar-refractivity contribution >= 4 is 11.9 Å². The van der Waals surface area contributed by atoms with E-state index < -0.39 is 5.97 Å². The molecule has 1 N–H and O–H groups in total. The zero-order chi connectivity index (χ0) is 16.0. The number of hydrogen-bond acceptors (Lipinski definition) is 3. The van der Waals surface area contributed by atoms with Crippen molar-refractivity contribution in [1.29, 1.82) is 0 Å². The van der Waals surface area contributed by atoms with Crippen LogP contribution in [0.4, 0.5) is 0 Å². The van der Waals surface area contributed by atoms with Crippen LogP contribution in [-0.2, 0) is 15.0 Å². The number of carbonyl (C=O) groups excluding carboxylic acids is 1. The van der Waals surface area contributed by atoms with Crippen LogP contribution < -0.4 is 4.74 Å². The first kappa shape index (κ1) is 17.0. The lowest BCUT2D eigenvalue weighted by molar-refractivity contribution is -0.145. The van der Waals surface area contributed by atoms with E-state index in [0.29, 0.717) is 12.3 Å². The summed E-state index contributed by atoms with van der Waals surface area (Å²) in [6.45, 7) is 7.99. The highest BCUT2D eigenvalue weighted by Crippen LogP contribution is 2.24. The summed E-state index contributed by atoms with van der Waals surface area (Å²) in [6, 6.07) is 7.58. The minimum atomic E-state index is -1.03. The van der Waals surface area contributed by atoms with Crippen LogP contribution in [0, 0.1) is 0 Å². The van der Waals surface area contributed by atoms with Crippen LogP contribution in [0.15, 0.2) is 24.3 Å². The normalized spacial score (nSPS) is 11.0. The van der Waals surface area contributed by atoms with Crippen LogP contribution in [0.5, 0.6) is 5.75 Å². The average molecular weight is 293 g/mol. The lowest BCUT2D eigenvalue weighted by Crippen LogP contribution is -2.38.